The number of amides is 3. The van der Waals surface area contributed by atoms with Gasteiger partial charge in [-0.05, 0) is 227 Å². The van der Waals surface area contributed by atoms with Crippen molar-refractivity contribution in [3.63, 3.8) is 0 Å². The fourth-order valence-corrected chi connectivity index (χ4v) is 18.7. The number of phenolic OH excluding ortho intramolecular Hbond substituents is 3. The summed E-state index contributed by atoms with van der Waals surface area (Å²) < 4.78 is 62.3. The van der Waals surface area contributed by atoms with Gasteiger partial charge >= 0.3 is 17.9 Å². The van der Waals surface area contributed by atoms with Crippen LogP contribution in [0.25, 0.3) is 5.69 Å². The van der Waals surface area contributed by atoms with E-state index in [1.807, 2.05) is 18.2 Å². The first-order valence-corrected chi connectivity index (χ1v) is 43.4. The number of hydrogen-bond acceptors (Lipinski definition) is 15. The molecule has 10 aromatic rings. The molecular formula is C96H106Cl2F3N9O12. The number of carbonyl (C=O) groups is 6. The highest BCUT2D eigenvalue weighted by Crippen LogP contribution is 2.44. The number of benzene rings is 7. The number of nitrogens with one attached hydrogen (secondary N) is 3. The van der Waals surface area contributed by atoms with Crippen LogP contribution >= 0.6 is 23.2 Å². The average molecular weight is 1710 g/mol. The van der Waals surface area contributed by atoms with E-state index in [0.29, 0.717) is 46.4 Å². The number of nitrogens with zero attached hydrogens (tertiary/aromatic N) is 6. The van der Waals surface area contributed by atoms with Gasteiger partial charge in [-0.25, -0.2) is 32.2 Å². The van der Waals surface area contributed by atoms with Gasteiger partial charge < -0.3 is 45.5 Å². The molecule has 2 fully saturated rings. The number of carbonyl (C=O) groups excluding carboxylic acids is 6. The van der Waals surface area contributed by atoms with Gasteiger partial charge in [0, 0.05) is 70.1 Å². The molecule has 6 atom stereocenters. The van der Waals surface area contributed by atoms with E-state index in [1.54, 1.807) is 108 Å². The summed E-state index contributed by atoms with van der Waals surface area (Å²) in [6, 6.07) is 42.2. The first-order valence-electron chi connectivity index (χ1n) is 42.6. The lowest BCUT2D eigenvalue weighted by Gasteiger charge is -2.27. The van der Waals surface area contributed by atoms with Gasteiger partial charge in [0.1, 0.15) is 52.8 Å². The summed E-state index contributed by atoms with van der Waals surface area (Å²) in [5.74, 6) is -3.09. The first kappa shape index (κ1) is 88.5. The monoisotopic (exact) mass is 1700 g/mol. The summed E-state index contributed by atoms with van der Waals surface area (Å²) >= 11 is 12.8. The molecule has 7 aromatic carbocycles. The maximum absolute atomic E-state index is 14.0. The minimum atomic E-state index is -0.979. The fraction of sp³-hybridized carbons (Fsp3) is 0.406. The third-order valence-corrected chi connectivity index (χ3v) is 24.8. The number of methoxy groups -OCH3 is 3. The normalized spacial score (nSPS) is 17.4. The number of hydrogen-bond donors (Lipinski definition) is 6. The Kier molecular flexibility index (Phi) is 30.5. The van der Waals surface area contributed by atoms with E-state index in [0.717, 1.165) is 196 Å². The summed E-state index contributed by atoms with van der Waals surface area (Å²) in [6.07, 6.45) is 24.4. The van der Waals surface area contributed by atoms with E-state index in [4.69, 9.17) is 52.7 Å². The molecule has 26 heteroatoms. The number of halogens is 5. The van der Waals surface area contributed by atoms with Crippen LogP contribution in [0.2, 0.25) is 10.0 Å². The van der Waals surface area contributed by atoms with E-state index in [9.17, 15) is 57.3 Å². The fourth-order valence-electron chi connectivity index (χ4n) is 18.2. The van der Waals surface area contributed by atoms with E-state index in [2.05, 4.69) is 25.3 Å². The molecule has 0 bridgehead atoms. The second-order valence-electron chi connectivity index (χ2n) is 32.7. The minimum absolute atomic E-state index is 0.0258. The van der Waals surface area contributed by atoms with Gasteiger partial charge in [0.25, 0.3) is 17.7 Å². The Labute approximate surface area is 719 Å². The Bertz CT molecular complexity index is 5260. The zero-order valence-electron chi connectivity index (χ0n) is 69.1. The summed E-state index contributed by atoms with van der Waals surface area (Å²) in [5, 5.41) is 53.1. The van der Waals surface area contributed by atoms with Crippen LogP contribution in [-0.2, 0) is 86.4 Å². The number of aromatic nitrogens is 6. The van der Waals surface area contributed by atoms with Crippen molar-refractivity contribution in [3.8, 4) is 22.9 Å². The first-order chi connectivity index (χ1) is 59.1. The summed E-state index contributed by atoms with van der Waals surface area (Å²) in [4.78, 5) is 79.6. The van der Waals surface area contributed by atoms with Gasteiger partial charge in [0.15, 0.2) is 17.1 Å². The number of esters is 3. The van der Waals surface area contributed by atoms with Gasteiger partial charge in [0.05, 0.1) is 49.8 Å². The van der Waals surface area contributed by atoms with Crippen LogP contribution in [0.15, 0.2) is 164 Å². The van der Waals surface area contributed by atoms with Crippen molar-refractivity contribution >= 4 is 58.8 Å². The predicted octanol–water partition coefficient (Wildman–Crippen LogP) is 18.2. The standard InChI is InChI=1S/C32H30Cl2FN3O4.2C32H38FN3O4/c1-42-32(41)27(17-20-8-13-24(39)14-9-20)36-31(40)29-25-5-3-2-4-21(16-19-6-11-23(35)12-7-19)30(25)38(37-29)28-15-10-22(33)18-26(28)34;1-40-32(39)28(20-21-14-16-26(37)17-15-21)34-31(38)29-27-13-6-5-9-23(18-22-8-7-10-24(33)19-22)30(27)36(35-29)25-11-3-2-4-12-25;1-40-32(39)28(20-22-13-17-26(37)18-14-22)34-31(38)29-27-10-6-5-7-23(19-21-11-15-24(33)16-12-21)30(27)36(35-29)25-8-3-2-4-9-25/h6-15,18,21,27,39H,2-5,16-17H2,1H3,(H,36,40);7-8,10,14-17,19,23,25,28,37H,2-6,9,11-13,18,20H2,1H3,(H,34,38);11-18,23,25,28,37H,2-10,19-20H2,1H3,(H,34,38)/t21?,27-;2*23?,28-/m111/s1. The second kappa shape index (κ2) is 42.0. The molecule has 21 nitrogen and oxygen atoms in total. The molecule has 0 radical (unpaired) electrons. The summed E-state index contributed by atoms with van der Waals surface area (Å²) in [6.45, 7) is 0. The number of ether oxygens (including phenoxy) is 3. The highest BCUT2D eigenvalue weighted by Gasteiger charge is 2.39. The van der Waals surface area contributed by atoms with Crippen LogP contribution in [0.3, 0.4) is 0 Å². The smallest absolute Gasteiger partial charge is 0.328 e. The molecule has 642 valence electrons. The Hall–Kier alpha value is -11.2. The van der Waals surface area contributed by atoms with E-state index >= 15 is 0 Å². The van der Waals surface area contributed by atoms with Crippen molar-refractivity contribution in [2.75, 3.05) is 21.3 Å². The van der Waals surface area contributed by atoms with Crippen LogP contribution < -0.4 is 16.0 Å². The van der Waals surface area contributed by atoms with Gasteiger partial charge in [0.2, 0.25) is 0 Å². The Morgan fingerprint density at radius 1 is 0.393 bits per heavy atom. The SMILES string of the molecule is COC(=O)[C@@H](Cc1ccc(O)cc1)NC(=O)c1nn(-c2ccc(Cl)cc2Cl)c2c1CCCCC2Cc1ccc(F)cc1.COC(=O)[C@@H](Cc1ccc(O)cc1)NC(=O)c1nn(C2CCCCC2)c2c1CCCCC2Cc1ccc(F)cc1.COC(=O)[C@@H](Cc1ccc(O)cc1)NC(=O)c1nn(C2CCCCC2)c2c1CCCCC2Cc1cccc(F)c1. The minimum Gasteiger partial charge on any atom is -0.508 e. The molecule has 3 aromatic heterocycles. The number of phenols is 3. The van der Waals surface area contributed by atoms with Gasteiger partial charge in [-0.1, -0.05) is 154 Å². The highest BCUT2D eigenvalue weighted by molar-refractivity contribution is 6.35. The molecular weight excluding hydrogens is 1600 g/mol. The molecule has 5 aliphatic rings. The number of rotatable bonds is 24. The molecule has 0 aliphatic heterocycles. The zero-order valence-corrected chi connectivity index (χ0v) is 70.6. The largest absolute Gasteiger partial charge is 0.508 e. The number of fused-ring (bicyclic) bond motifs is 3. The van der Waals surface area contributed by atoms with Crippen molar-refractivity contribution < 1.29 is 71.5 Å². The van der Waals surface area contributed by atoms with Crippen LogP contribution in [-0.4, -0.2) is 120 Å². The van der Waals surface area contributed by atoms with Crippen molar-refractivity contribution in [3.05, 3.63) is 276 Å². The van der Waals surface area contributed by atoms with E-state index in [-0.39, 0.29) is 101 Å². The molecule has 0 spiro atoms. The summed E-state index contributed by atoms with van der Waals surface area (Å²) in [5.41, 5.74) is 12.7. The molecule has 0 saturated heterocycles. The summed E-state index contributed by atoms with van der Waals surface area (Å²) in [7, 11) is 3.88. The van der Waals surface area contributed by atoms with Crippen molar-refractivity contribution in [1.29, 1.82) is 0 Å². The number of aromatic hydroxyl groups is 3. The van der Waals surface area contributed by atoms with Crippen molar-refractivity contribution in [1.82, 2.24) is 45.3 Å². The average Bonchev–Trinajstić information content (AvgIpc) is 1.62. The lowest BCUT2D eigenvalue weighted by Crippen LogP contribution is -2.43. The molecule has 3 heterocycles. The third kappa shape index (κ3) is 22.5. The molecule has 15 rings (SSSR count). The van der Waals surface area contributed by atoms with Gasteiger partial charge in [-0.3, -0.25) is 23.7 Å². The van der Waals surface area contributed by atoms with Gasteiger partial charge in [-0.15, -0.1) is 0 Å². The lowest BCUT2D eigenvalue weighted by atomic mass is 9.89. The van der Waals surface area contributed by atoms with Gasteiger partial charge in [-0.2, -0.15) is 15.3 Å². The maximum Gasteiger partial charge on any atom is 0.328 e. The molecule has 2 saturated carbocycles. The van der Waals surface area contributed by atoms with Crippen LogP contribution in [0, 0.1) is 17.5 Å². The molecule has 3 unspecified atom stereocenters. The van der Waals surface area contributed by atoms with Crippen LogP contribution in [0.4, 0.5) is 13.2 Å². The predicted molar refractivity (Wildman–Crippen MR) is 459 cm³/mol. The van der Waals surface area contributed by atoms with Crippen molar-refractivity contribution in [2.45, 2.75) is 228 Å². The van der Waals surface area contributed by atoms with E-state index < -0.39 is 41.9 Å². The topological polar surface area (TPSA) is 280 Å². The quantitative estimate of drug-likeness (QED) is 0.0186. The molecule has 6 N–H and O–H groups in total. The zero-order chi connectivity index (χ0) is 85.9. The molecule has 5 aliphatic carbocycles. The Morgan fingerprint density at radius 3 is 1.11 bits per heavy atom. The lowest BCUT2D eigenvalue weighted by molar-refractivity contribution is -0.143. The van der Waals surface area contributed by atoms with Crippen LogP contribution in [0.1, 0.15) is 250 Å². The highest BCUT2D eigenvalue weighted by atomic mass is 35.5. The Balaban J connectivity index is 0.000000158. The third-order valence-electron chi connectivity index (χ3n) is 24.3. The molecule has 3 amide bonds. The van der Waals surface area contributed by atoms with Crippen molar-refractivity contribution in [2.24, 2.45) is 0 Å². The Morgan fingerprint density at radius 2 is 0.738 bits per heavy atom. The second-order valence-corrected chi connectivity index (χ2v) is 33.5. The molecule has 122 heavy (non-hydrogen) atoms. The maximum atomic E-state index is 14.0. The van der Waals surface area contributed by atoms with E-state index in [1.165, 1.54) is 76.6 Å². The van der Waals surface area contributed by atoms with Crippen LogP contribution in [0.5, 0.6) is 17.2 Å².